The first-order valence-corrected chi connectivity index (χ1v) is 9.16. The van der Waals surface area contributed by atoms with Crippen molar-refractivity contribution in [1.82, 2.24) is 9.80 Å². The van der Waals surface area contributed by atoms with Gasteiger partial charge in [0.1, 0.15) is 18.8 Å². The lowest BCUT2D eigenvalue weighted by Gasteiger charge is -2.26. The number of aliphatic hydroxyl groups is 1. The minimum atomic E-state index is -0.714. The normalized spacial score (nSPS) is 13.6. The highest BCUT2D eigenvalue weighted by molar-refractivity contribution is 5.65. The zero-order valence-electron chi connectivity index (χ0n) is 19.8. The van der Waals surface area contributed by atoms with E-state index in [1.54, 1.807) is 13.8 Å². The Kier molecular flexibility index (Phi) is 22.6. The predicted molar refractivity (Wildman–Crippen MR) is 112 cm³/mol. The molecule has 0 aromatic rings. The van der Waals surface area contributed by atoms with E-state index in [0.29, 0.717) is 6.54 Å². The van der Waals surface area contributed by atoms with E-state index in [0.717, 1.165) is 17.6 Å². The molecule has 0 aliphatic carbocycles. The van der Waals surface area contributed by atoms with Gasteiger partial charge in [0.2, 0.25) is 0 Å². The molecule has 0 spiro atoms. The number of halogens is 1. The van der Waals surface area contributed by atoms with Gasteiger partial charge in [0.05, 0.1) is 27.2 Å². The highest BCUT2D eigenvalue weighted by Gasteiger charge is 2.15. The third-order valence-corrected chi connectivity index (χ3v) is 2.69. The van der Waals surface area contributed by atoms with Crippen LogP contribution in [0.4, 0.5) is 9.59 Å². The number of nitrogens with two attached hydrogens (primary N) is 2. The molecule has 0 bridgehead atoms. The molecule has 0 aromatic heterocycles. The molecule has 5 N–H and O–H groups in total. The molecule has 0 saturated carbocycles. The van der Waals surface area contributed by atoms with E-state index in [4.69, 9.17) is 21.3 Å². The minimum absolute atomic E-state index is 0. The number of nitrogens with zero attached hydrogens (tertiary/aromatic N) is 3. The summed E-state index contributed by atoms with van der Waals surface area (Å²) in [6.07, 6.45) is -1.87. The quantitative estimate of drug-likeness (QED) is 0.342. The van der Waals surface area contributed by atoms with Crippen LogP contribution in [-0.2, 0) is 9.47 Å². The Morgan fingerprint density at radius 2 is 1.21 bits per heavy atom. The van der Waals surface area contributed by atoms with Crippen molar-refractivity contribution in [2.75, 3.05) is 69.0 Å². The van der Waals surface area contributed by atoms with Gasteiger partial charge in [-0.2, -0.15) is 0 Å². The maximum atomic E-state index is 10.3. The van der Waals surface area contributed by atoms with Crippen molar-refractivity contribution in [3.05, 3.63) is 0 Å². The Bertz CT molecular complexity index is 412. The number of likely N-dealkylation sites (N-methyl/N-ethyl adjacent to an activating group) is 3. The number of ether oxygens (including phenoxy) is 2. The molecule has 0 aliphatic heterocycles. The fourth-order valence-corrected chi connectivity index (χ4v) is 2.29. The maximum absolute atomic E-state index is 10.3. The van der Waals surface area contributed by atoms with Gasteiger partial charge >= 0.3 is 12.2 Å². The van der Waals surface area contributed by atoms with Crippen LogP contribution in [0.5, 0.6) is 0 Å². The van der Waals surface area contributed by atoms with Gasteiger partial charge in [0.25, 0.3) is 0 Å². The summed E-state index contributed by atoms with van der Waals surface area (Å²) in [5, 5.41) is 8.68. The molecule has 0 fully saturated rings. The highest BCUT2D eigenvalue weighted by Crippen LogP contribution is 1.98. The van der Waals surface area contributed by atoms with Crippen molar-refractivity contribution in [2.45, 2.75) is 39.1 Å². The number of hydrogen-bond acceptors (Lipinski definition) is 7. The maximum Gasteiger partial charge on any atom is 0.404 e. The van der Waals surface area contributed by atoms with Crippen LogP contribution in [-0.4, -0.2) is 119 Å². The standard InChI is InChI=1S/C7H16N2O2.C6H14N2O2.C5H13NO.ClH/c1-6(11-7(8)10)5-9(2,3)4;1-5(4-8(2)3)10-6(7)9;1-5(7)4-6(2)3;/h6H,5H2,1-4H3,(H-,8,10);5H,4H2,1-3H3,(H2,7,9);5,7H,4H2,1-3H3;1H/t6-;2*5-;/m000./s1. The summed E-state index contributed by atoms with van der Waals surface area (Å²) in [6.45, 7) is 7.62. The molecular formula is C18H44ClN5O5. The summed E-state index contributed by atoms with van der Waals surface area (Å²) in [5.41, 5.74) is 9.63. The van der Waals surface area contributed by atoms with E-state index in [9.17, 15) is 9.59 Å². The molecule has 2 amide bonds. The van der Waals surface area contributed by atoms with Crippen LogP contribution in [0.3, 0.4) is 0 Å². The fourth-order valence-electron chi connectivity index (χ4n) is 2.29. The van der Waals surface area contributed by atoms with Crippen LogP contribution in [0.2, 0.25) is 0 Å². The summed E-state index contributed by atoms with van der Waals surface area (Å²) in [5.74, 6) is 0. The van der Waals surface area contributed by atoms with Gasteiger partial charge in [0.15, 0.2) is 0 Å². The number of rotatable bonds is 8. The lowest BCUT2D eigenvalue weighted by molar-refractivity contribution is -0.873. The molecule has 178 valence electrons. The number of carbonyl (C=O) groups is 2. The van der Waals surface area contributed by atoms with Crippen LogP contribution in [0.15, 0.2) is 0 Å². The van der Waals surface area contributed by atoms with Gasteiger partial charge in [-0.3, -0.25) is 0 Å². The highest BCUT2D eigenvalue weighted by atomic mass is 35.5. The van der Waals surface area contributed by atoms with Crippen LogP contribution in [0.1, 0.15) is 20.8 Å². The molecule has 0 unspecified atom stereocenters. The number of amides is 2. The number of hydrogen-bond donors (Lipinski definition) is 3. The first kappa shape index (κ1) is 35.1. The second-order valence-corrected chi connectivity index (χ2v) is 8.34. The molecule has 3 atom stereocenters. The van der Waals surface area contributed by atoms with E-state index in [2.05, 4.69) is 4.74 Å². The third-order valence-electron chi connectivity index (χ3n) is 2.69. The van der Waals surface area contributed by atoms with E-state index >= 15 is 0 Å². The Hall–Kier alpha value is -1.33. The SMILES string of the molecule is C[C@@H](CN(C)C)OC(N)=O.C[C@@H](C[N+](C)(C)C)OC(N)=O.C[C@H](O)CN(C)C.[Cl-]. The van der Waals surface area contributed by atoms with E-state index in [-0.39, 0.29) is 30.7 Å². The lowest BCUT2D eigenvalue weighted by atomic mass is 10.3. The van der Waals surface area contributed by atoms with Crippen molar-refractivity contribution in [2.24, 2.45) is 11.5 Å². The molecule has 0 saturated heterocycles. The van der Waals surface area contributed by atoms with Crippen LogP contribution in [0.25, 0.3) is 0 Å². The molecule has 0 radical (unpaired) electrons. The summed E-state index contributed by atoms with van der Waals surface area (Å²) >= 11 is 0. The fraction of sp³-hybridized carbons (Fsp3) is 0.889. The second-order valence-electron chi connectivity index (χ2n) is 8.34. The molecule has 0 rings (SSSR count). The molecule has 10 nitrogen and oxygen atoms in total. The smallest absolute Gasteiger partial charge is 0.404 e. The van der Waals surface area contributed by atoms with Gasteiger partial charge in [-0.15, -0.1) is 0 Å². The zero-order chi connectivity index (χ0) is 23.1. The van der Waals surface area contributed by atoms with Crippen LogP contribution < -0.4 is 23.9 Å². The first-order valence-electron chi connectivity index (χ1n) is 9.16. The number of aliphatic hydroxyl groups excluding tert-OH is 1. The Morgan fingerprint density at radius 3 is 1.41 bits per heavy atom. The topological polar surface area (TPSA) is 131 Å². The minimum Gasteiger partial charge on any atom is -1.00 e. The first-order chi connectivity index (χ1) is 12.5. The van der Waals surface area contributed by atoms with Crippen molar-refractivity contribution < 1.29 is 41.1 Å². The van der Waals surface area contributed by atoms with Gasteiger partial charge in [-0.05, 0) is 49.0 Å². The van der Waals surface area contributed by atoms with Gasteiger partial charge < -0.3 is 52.7 Å². The predicted octanol–water partition coefficient (Wildman–Crippen LogP) is -2.86. The molecule has 0 aromatic carbocycles. The van der Waals surface area contributed by atoms with E-state index in [1.165, 1.54) is 0 Å². The van der Waals surface area contributed by atoms with Crippen LogP contribution in [0, 0.1) is 0 Å². The third kappa shape index (κ3) is 42.0. The van der Waals surface area contributed by atoms with E-state index < -0.39 is 12.2 Å². The molecule has 29 heavy (non-hydrogen) atoms. The molecule has 11 heteroatoms. The van der Waals surface area contributed by atoms with Gasteiger partial charge in [0, 0.05) is 13.1 Å². The number of carbonyl (C=O) groups excluding carboxylic acids is 2. The summed E-state index contributed by atoms with van der Waals surface area (Å²) < 4.78 is 10.2. The molecule has 0 aliphatic rings. The number of primary amides is 2. The Balaban J connectivity index is -0.000000163. The summed E-state index contributed by atoms with van der Waals surface area (Å²) in [7, 11) is 13.8. The Morgan fingerprint density at radius 1 is 0.862 bits per heavy atom. The summed E-state index contributed by atoms with van der Waals surface area (Å²) in [6, 6.07) is 0. The number of quaternary nitrogens is 1. The zero-order valence-corrected chi connectivity index (χ0v) is 20.6. The molecular weight excluding hydrogens is 402 g/mol. The van der Waals surface area contributed by atoms with Crippen molar-refractivity contribution in [1.29, 1.82) is 0 Å². The summed E-state index contributed by atoms with van der Waals surface area (Å²) in [4.78, 5) is 24.3. The molecule has 0 heterocycles. The van der Waals surface area contributed by atoms with Crippen molar-refractivity contribution in [3.8, 4) is 0 Å². The lowest BCUT2D eigenvalue weighted by Crippen LogP contribution is -3.00. The average molecular weight is 446 g/mol. The monoisotopic (exact) mass is 445 g/mol. The van der Waals surface area contributed by atoms with Gasteiger partial charge in [-0.25, -0.2) is 9.59 Å². The second kappa shape index (κ2) is 18.7. The van der Waals surface area contributed by atoms with Crippen LogP contribution >= 0.6 is 0 Å². The van der Waals surface area contributed by atoms with Gasteiger partial charge in [-0.1, -0.05) is 0 Å². The van der Waals surface area contributed by atoms with Crippen molar-refractivity contribution in [3.63, 3.8) is 0 Å². The Labute approximate surface area is 183 Å². The average Bonchev–Trinajstić information content (AvgIpc) is 2.31. The largest absolute Gasteiger partial charge is 1.00 e. The van der Waals surface area contributed by atoms with Crippen molar-refractivity contribution >= 4 is 12.2 Å². The van der Waals surface area contributed by atoms with E-state index in [1.807, 2.05) is 66.1 Å².